The molecule has 0 radical (unpaired) electrons. The number of aromatic nitrogens is 3. The first-order valence-electron chi connectivity index (χ1n) is 6.77. The number of thiophene rings is 1. The molecule has 4 heteroatoms. The van der Waals surface area contributed by atoms with Crippen LogP contribution in [0.1, 0.15) is 5.56 Å². The van der Waals surface area contributed by atoms with Gasteiger partial charge in [-0.3, -0.25) is 4.57 Å². The van der Waals surface area contributed by atoms with Gasteiger partial charge in [-0.25, -0.2) is 9.97 Å². The second-order valence-corrected chi connectivity index (χ2v) is 5.80. The van der Waals surface area contributed by atoms with Crippen LogP contribution in [0, 0.1) is 6.92 Å². The van der Waals surface area contributed by atoms with Gasteiger partial charge >= 0.3 is 0 Å². The van der Waals surface area contributed by atoms with Crippen molar-refractivity contribution in [1.29, 1.82) is 0 Å². The molecule has 0 unspecified atom stereocenters. The summed E-state index contributed by atoms with van der Waals surface area (Å²) >= 11 is 1.74. The van der Waals surface area contributed by atoms with Gasteiger partial charge in [-0.05, 0) is 36.1 Å². The van der Waals surface area contributed by atoms with E-state index in [9.17, 15) is 0 Å². The molecule has 0 saturated heterocycles. The fourth-order valence-electron chi connectivity index (χ4n) is 2.72. The zero-order valence-corrected chi connectivity index (χ0v) is 12.3. The van der Waals surface area contributed by atoms with E-state index in [0.29, 0.717) is 5.95 Å². The molecule has 0 atom stereocenters. The van der Waals surface area contributed by atoms with Crippen LogP contribution in [0.25, 0.3) is 27.4 Å². The third kappa shape index (κ3) is 1.87. The minimum absolute atomic E-state index is 0.713. The van der Waals surface area contributed by atoms with Crippen molar-refractivity contribution in [2.24, 2.45) is 0 Å². The lowest BCUT2D eigenvalue weighted by Crippen LogP contribution is -2.01. The summed E-state index contributed by atoms with van der Waals surface area (Å²) in [4.78, 5) is 10.1. The minimum Gasteiger partial charge on any atom is -0.277 e. The standard InChI is InChI=1S/C17H13N3S/c1-12-13-6-2-3-7-14(13)20(17-18-9-5-10-19-17)16(12)15-8-4-11-21-15/h2-11H,1H3. The van der Waals surface area contributed by atoms with Crippen LogP contribution < -0.4 is 0 Å². The molecule has 4 aromatic rings. The maximum absolute atomic E-state index is 4.44. The average Bonchev–Trinajstić information content (AvgIpc) is 3.15. The third-order valence-corrected chi connectivity index (χ3v) is 4.51. The number of rotatable bonds is 2. The third-order valence-electron chi connectivity index (χ3n) is 3.63. The Kier molecular flexibility index (Phi) is 2.82. The lowest BCUT2D eigenvalue weighted by molar-refractivity contribution is 0.967. The molecular formula is C17H13N3S. The molecule has 0 aliphatic carbocycles. The molecule has 3 nitrogen and oxygen atoms in total. The smallest absolute Gasteiger partial charge is 0.234 e. The van der Waals surface area contributed by atoms with Gasteiger partial charge in [0.15, 0.2) is 0 Å². The quantitative estimate of drug-likeness (QED) is 0.546. The van der Waals surface area contributed by atoms with E-state index in [2.05, 4.69) is 63.2 Å². The Bertz CT molecular complexity index is 893. The van der Waals surface area contributed by atoms with Gasteiger partial charge in [-0.2, -0.15) is 0 Å². The maximum atomic E-state index is 4.44. The molecule has 0 aliphatic rings. The fraction of sp³-hybridized carbons (Fsp3) is 0.0588. The van der Waals surface area contributed by atoms with Crippen LogP contribution in [0.3, 0.4) is 0 Å². The van der Waals surface area contributed by atoms with Gasteiger partial charge in [-0.15, -0.1) is 11.3 Å². The first-order valence-corrected chi connectivity index (χ1v) is 7.65. The van der Waals surface area contributed by atoms with E-state index in [4.69, 9.17) is 0 Å². The second-order valence-electron chi connectivity index (χ2n) is 4.85. The highest BCUT2D eigenvalue weighted by Gasteiger charge is 2.18. The van der Waals surface area contributed by atoms with E-state index < -0.39 is 0 Å². The van der Waals surface area contributed by atoms with Crippen molar-refractivity contribution in [2.45, 2.75) is 6.92 Å². The van der Waals surface area contributed by atoms with Crippen LogP contribution in [-0.2, 0) is 0 Å². The molecule has 0 aliphatic heterocycles. The molecular weight excluding hydrogens is 278 g/mol. The molecule has 1 aromatic carbocycles. The molecule has 0 saturated carbocycles. The number of hydrogen-bond donors (Lipinski definition) is 0. The largest absolute Gasteiger partial charge is 0.277 e. The number of fused-ring (bicyclic) bond motifs is 1. The summed E-state index contributed by atoms with van der Waals surface area (Å²) in [5.41, 5.74) is 3.59. The number of benzene rings is 1. The van der Waals surface area contributed by atoms with Gasteiger partial charge in [0.25, 0.3) is 0 Å². The van der Waals surface area contributed by atoms with Crippen LogP contribution in [0.4, 0.5) is 0 Å². The van der Waals surface area contributed by atoms with Gasteiger partial charge in [-0.1, -0.05) is 24.3 Å². The molecule has 3 aromatic heterocycles. The highest BCUT2D eigenvalue weighted by molar-refractivity contribution is 7.13. The van der Waals surface area contributed by atoms with Crippen molar-refractivity contribution in [1.82, 2.24) is 14.5 Å². The molecule has 0 N–H and O–H groups in total. The highest BCUT2D eigenvalue weighted by Crippen LogP contribution is 2.36. The topological polar surface area (TPSA) is 30.7 Å². The van der Waals surface area contributed by atoms with E-state index in [1.807, 2.05) is 6.07 Å². The summed E-state index contributed by atoms with van der Waals surface area (Å²) in [5, 5.41) is 3.34. The number of para-hydroxylation sites is 1. The lowest BCUT2D eigenvalue weighted by atomic mass is 10.1. The highest BCUT2D eigenvalue weighted by atomic mass is 32.1. The van der Waals surface area contributed by atoms with Crippen molar-refractivity contribution in [3.05, 3.63) is 65.8 Å². The van der Waals surface area contributed by atoms with Gasteiger partial charge in [0, 0.05) is 17.8 Å². The Morgan fingerprint density at radius 1 is 0.952 bits per heavy atom. The SMILES string of the molecule is Cc1c(-c2cccs2)n(-c2ncccn2)c2ccccc12. The maximum Gasteiger partial charge on any atom is 0.234 e. The predicted octanol–water partition coefficient (Wildman–Crippen LogP) is 4.46. The van der Waals surface area contributed by atoms with E-state index in [0.717, 1.165) is 5.52 Å². The van der Waals surface area contributed by atoms with Crippen LogP contribution in [0.5, 0.6) is 0 Å². The number of nitrogens with zero attached hydrogens (tertiary/aromatic N) is 3. The van der Waals surface area contributed by atoms with Crippen LogP contribution in [0.15, 0.2) is 60.2 Å². The average molecular weight is 291 g/mol. The van der Waals surface area contributed by atoms with Crippen LogP contribution in [-0.4, -0.2) is 14.5 Å². The van der Waals surface area contributed by atoms with Crippen LogP contribution in [0.2, 0.25) is 0 Å². The first kappa shape index (κ1) is 12.3. The van der Waals surface area contributed by atoms with E-state index in [1.54, 1.807) is 23.7 Å². The Morgan fingerprint density at radius 2 is 1.76 bits per heavy atom. The van der Waals surface area contributed by atoms with Crippen molar-refractivity contribution < 1.29 is 0 Å². The lowest BCUT2D eigenvalue weighted by Gasteiger charge is -2.08. The monoisotopic (exact) mass is 291 g/mol. The molecule has 21 heavy (non-hydrogen) atoms. The van der Waals surface area contributed by atoms with E-state index >= 15 is 0 Å². The van der Waals surface area contributed by atoms with Crippen LogP contribution >= 0.6 is 11.3 Å². The van der Waals surface area contributed by atoms with E-state index in [-0.39, 0.29) is 0 Å². The number of hydrogen-bond acceptors (Lipinski definition) is 3. The van der Waals surface area contributed by atoms with Crippen molar-refractivity contribution >= 4 is 22.2 Å². The molecule has 0 amide bonds. The van der Waals surface area contributed by atoms with Gasteiger partial charge in [0.1, 0.15) is 0 Å². The van der Waals surface area contributed by atoms with Gasteiger partial charge in [0.05, 0.1) is 16.1 Å². The molecule has 4 rings (SSSR count). The molecule has 102 valence electrons. The zero-order chi connectivity index (χ0) is 14.2. The molecule has 0 bridgehead atoms. The summed E-state index contributed by atoms with van der Waals surface area (Å²) in [7, 11) is 0. The Morgan fingerprint density at radius 3 is 2.52 bits per heavy atom. The zero-order valence-electron chi connectivity index (χ0n) is 11.5. The van der Waals surface area contributed by atoms with Crippen molar-refractivity contribution in [3.63, 3.8) is 0 Å². The summed E-state index contributed by atoms with van der Waals surface area (Å²) in [6.07, 6.45) is 3.56. The summed E-state index contributed by atoms with van der Waals surface area (Å²) in [6, 6.07) is 14.5. The van der Waals surface area contributed by atoms with E-state index in [1.165, 1.54) is 21.5 Å². The summed E-state index contributed by atoms with van der Waals surface area (Å²) in [5.74, 6) is 0.713. The van der Waals surface area contributed by atoms with Gasteiger partial charge < -0.3 is 0 Å². The normalized spacial score (nSPS) is 11.1. The Balaban J connectivity index is 2.15. The molecule has 0 spiro atoms. The fourth-order valence-corrected chi connectivity index (χ4v) is 3.54. The summed E-state index contributed by atoms with van der Waals surface area (Å²) in [6.45, 7) is 2.16. The van der Waals surface area contributed by atoms with Crippen molar-refractivity contribution in [2.75, 3.05) is 0 Å². The minimum atomic E-state index is 0.713. The molecule has 0 fully saturated rings. The second kappa shape index (κ2) is 4.82. The molecule has 3 heterocycles. The Hall–Kier alpha value is -2.46. The number of aryl methyl sites for hydroxylation is 1. The first-order chi connectivity index (χ1) is 10.4. The predicted molar refractivity (Wildman–Crippen MR) is 86.9 cm³/mol. The Labute approximate surface area is 126 Å². The summed E-state index contributed by atoms with van der Waals surface area (Å²) < 4.78 is 2.15. The van der Waals surface area contributed by atoms with Gasteiger partial charge in [0.2, 0.25) is 5.95 Å². The van der Waals surface area contributed by atoms with Crippen molar-refractivity contribution in [3.8, 4) is 16.5 Å².